The summed E-state index contributed by atoms with van der Waals surface area (Å²) in [5, 5.41) is 0.153. The second-order valence-electron chi connectivity index (χ2n) is 4.50. The van der Waals surface area contributed by atoms with Crippen LogP contribution in [0.15, 0.2) is 11.2 Å². The van der Waals surface area contributed by atoms with Gasteiger partial charge in [-0.1, -0.05) is 6.42 Å². The van der Waals surface area contributed by atoms with Crippen LogP contribution in [-0.4, -0.2) is 31.2 Å². The van der Waals surface area contributed by atoms with E-state index in [2.05, 4.69) is 9.97 Å². The van der Waals surface area contributed by atoms with E-state index >= 15 is 0 Å². The van der Waals surface area contributed by atoms with E-state index in [9.17, 15) is 8.42 Å². The van der Waals surface area contributed by atoms with Crippen LogP contribution in [0.2, 0.25) is 0 Å². The molecule has 2 rings (SSSR count). The lowest BCUT2D eigenvalue weighted by Gasteiger charge is -2.24. The number of rotatable bonds is 4. The van der Waals surface area contributed by atoms with Crippen LogP contribution in [0.5, 0.6) is 0 Å². The van der Waals surface area contributed by atoms with Crippen molar-refractivity contribution in [1.82, 2.24) is 9.97 Å². The van der Waals surface area contributed by atoms with Crippen molar-refractivity contribution in [2.24, 2.45) is 5.73 Å². The van der Waals surface area contributed by atoms with E-state index in [1.54, 1.807) is 6.20 Å². The molecular weight excluding hydrogens is 238 g/mol. The number of hydrogen-bond donors (Lipinski definition) is 1. The molecular formula is C11H17N3O2S. The van der Waals surface area contributed by atoms with Crippen molar-refractivity contribution in [1.29, 1.82) is 0 Å². The molecule has 94 valence electrons. The molecule has 1 aromatic rings. The van der Waals surface area contributed by atoms with Gasteiger partial charge in [0.2, 0.25) is 0 Å². The molecule has 6 heteroatoms. The maximum absolute atomic E-state index is 11.7. The first-order valence-electron chi connectivity index (χ1n) is 5.78. The Morgan fingerprint density at radius 3 is 2.65 bits per heavy atom. The summed E-state index contributed by atoms with van der Waals surface area (Å²) in [6.07, 6.45) is 6.57. The molecule has 1 aliphatic rings. The van der Waals surface area contributed by atoms with Crippen molar-refractivity contribution >= 4 is 9.84 Å². The summed E-state index contributed by atoms with van der Waals surface area (Å²) < 4.78 is 23.4. The molecule has 0 unspecified atom stereocenters. The third-order valence-electron chi connectivity index (χ3n) is 3.08. The standard InChI is InChI=1S/C11H17N3O2S/c1-17(15,16)11-9(5-6-12)7-13-10(14-11)8-3-2-4-8/h7-8H,2-6,12H2,1H3. The van der Waals surface area contributed by atoms with Gasteiger partial charge in [-0.05, 0) is 25.8 Å². The van der Waals surface area contributed by atoms with Gasteiger partial charge in [0.25, 0.3) is 0 Å². The summed E-state index contributed by atoms with van der Waals surface area (Å²) in [6, 6.07) is 0. The molecule has 1 aromatic heterocycles. The summed E-state index contributed by atoms with van der Waals surface area (Å²) in [6.45, 7) is 0.397. The van der Waals surface area contributed by atoms with E-state index in [1.165, 1.54) is 12.7 Å². The summed E-state index contributed by atoms with van der Waals surface area (Å²) >= 11 is 0. The van der Waals surface area contributed by atoms with E-state index in [0.29, 0.717) is 30.3 Å². The minimum atomic E-state index is -3.30. The Kier molecular flexibility index (Phi) is 3.44. The Morgan fingerprint density at radius 2 is 2.18 bits per heavy atom. The van der Waals surface area contributed by atoms with Crippen LogP contribution in [0, 0.1) is 0 Å². The number of nitrogens with zero attached hydrogens (tertiary/aromatic N) is 2. The van der Waals surface area contributed by atoms with Gasteiger partial charge in [-0.2, -0.15) is 0 Å². The van der Waals surface area contributed by atoms with Crippen molar-refractivity contribution in [3.63, 3.8) is 0 Å². The fourth-order valence-electron chi connectivity index (χ4n) is 1.92. The second kappa shape index (κ2) is 4.70. The lowest BCUT2D eigenvalue weighted by molar-refractivity contribution is 0.398. The zero-order valence-corrected chi connectivity index (χ0v) is 10.7. The molecule has 1 saturated carbocycles. The first-order valence-corrected chi connectivity index (χ1v) is 7.67. The van der Waals surface area contributed by atoms with Crippen molar-refractivity contribution in [2.75, 3.05) is 12.8 Å². The molecule has 1 aliphatic carbocycles. The minimum absolute atomic E-state index is 0.153. The van der Waals surface area contributed by atoms with Crippen LogP contribution in [-0.2, 0) is 16.3 Å². The average molecular weight is 255 g/mol. The van der Waals surface area contributed by atoms with Gasteiger partial charge in [0, 0.05) is 23.9 Å². The summed E-state index contributed by atoms with van der Waals surface area (Å²) in [5.41, 5.74) is 6.08. The molecule has 0 spiro atoms. The highest BCUT2D eigenvalue weighted by molar-refractivity contribution is 7.90. The molecule has 1 heterocycles. The Labute approximate surface area is 101 Å². The number of sulfone groups is 1. The highest BCUT2D eigenvalue weighted by atomic mass is 32.2. The van der Waals surface area contributed by atoms with Crippen molar-refractivity contribution in [3.8, 4) is 0 Å². The van der Waals surface area contributed by atoms with Crippen molar-refractivity contribution in [3.05, 3.63) is 17.6 Å². The van der Waals surface area contributed by atoms with Gasteiger partial charge in [-0.15, -0.1) is 0 Å². The Bertz CT molecular complexity index is 509. The Hall–Kier alpha value is -1.01. The van der Waals surface area contributed by atoms with Crippen molar-refractivity contribution in [2.45, 2.75) is 36.6 Å². The Balaban J connectivity index is 2.42. The van der Waals surface area contributed by atoms with E-state index in [1.807, 2.05) is 0 Å². The second-order valence-corrected chi connectivity index (χ2v) is 6.43. The van der Waals surface area contributed by atoms with Crippen LogP contribution in [0.1, 0.15) is 36.6 Å². The third-order valence-corrected chi connectivity index (χ3v) is 4.13. The van der Waals surface area contributed by atoms with E-state index in [0.717, 1.165) is 12.8 Å². The zero-order chi connectivity index (χ0) is 12.5. The monoisotopic (exact) mass is 255 g/mol. The first-order chi connectivity index (χ1) is 8.02. The fourth-order valence-corrected chi connectivity index (χ4v) is 2.81. The lowest BCUT2D eigenvalue weighted by Crippen LogP contribution is -2.17. The van der Waals surface area contributed by atoms with Gasteiger partial charge in [0.1, 0.15) is 5.82 Å². The zero-order valence-electron chi connectivity index (χ0n) is 9.89. The predicted octanol–water partition coefficient (Wildman–Crippen LogP) is 0.649. The van der Waals surface area contributed by atoms with Crippen LogP contribution < -0.4 is 5.73 Å². The van der Waals surface area contributed by atoms with Gasteiger partial charge in [0.15, 0.2) is 14.9 Å². The normalized spacial score (nSPS) is 16.8. The van der Waals surface area contributed by atoms with Crippen LogP contribution >= 0.6 is 0 Å². The quantitative estimate of drug-likeness (QED) is 0.798. The molecule has 0 bridgehead atoms. The van der Waals surface area contributed by atoms with Crippen LogP contribution in [0.4, 0.5) is 0 Å². The molecule has 0 atom stereocenters. The molecule has 0 saturated heterocycles. The summed E-state index contributed by atoms with van der Waals surface area (Å²) in [7, 11) is -3.30. The SMILES string of the molecule is CS(=O)(=O)c1nc(C2CCC2)ncc1CCN. The fraction of sp³-hybridized carbons (Fsp3) is 0.636. The van der Waals surface area contributed by atoms with Gasteiger partial charge in [-0.3, -0.25) is 0 Å². The van der Waals surface area contributed by atoms with E-state index < -0.39 is 9.84 Å². The third kappa shape index (κ3) is 2.63. The molecule has 0 radical (unpaired) electrons. The number of nitrogens with two attached hydrogens (primary N) is 1. The molecule has 0 amide bonds. The molecule has 17 heavy (non-hydrogen) atoms. The summed E-state index contributed by atoms with van der Waals surface area (Å²) in [4.78, 5) is 8.49. The van der Waals surface area contributed by atoms with Gasteiger partial charge < -0.3 is 5.73 Å². The largest absolute Gasteiger partial charge is 0.330 e. The maximum Gasteiger partial charge on any atom is 0.193 e. The predicted molar refractivity (Wildman–Crippen MR) is 64.5 cm³/mol. The van der Waals surface area contributed by atoms with Crippen LogP contribution in [0.3, 0.4) is 0 Å². The molecule has 1 fully saturated rings. The molecule has 5 nitrogen and oxygen atoms in total. The van der Waals surface area contributed by atoms with E-state index in [4.69, 9.17) is 5.73 Å². The minimum Gasteiger partial charge on any atom is -0.330 e. The molecule has 0 aliphatic heterocycles. The topological polar surface area (TPSA) is 85.9 Å². The highest BCUT2D eigenvalue weighted by Gasteiger charge is 2.25. The average Bonchev–Trinajstić information content (AvgIpc) is 2.16. The van der Waals surface area contributed by atoms with Gasteiger partial charge in [-0.25, -0.2) is 18.4 Å². The lowest BCUT2D eigenvalue weighted by atomic mass is 9.85. The molecule has 2 N–H and O–H groups in total. The number of aromatic nitrogens is 2. The highest BCUT2D eigenvalue weighted by Crippen LogP contribution is 2.34. The van der Waals surface area contributed by atoms with Crippen molar-refractivity contribution < 1.29 is 8.42 Å². The summed E-state index contributed by atoms with van der Waals surface area (Å²) in [5.74, 6) is 1.000. The molecule has 0 aromatic carbocycles. The maximum atomic E-state index is 11.7. The van der Waals surface area contributed by atoms with Gasteiger partial charge in [0.05, 0.1) is 0 Å². The van der Waals surface area contributed by atoms with Crippen LogP contribution in [0.25, 0.3) is 0 Å². The van der Waals surface area contributed by atoms with E-state index in [-0.39, 0.29) is 5.03 Å². The Morgan fingerprint density at radius 1 is 1.47 bits per heavy atom. The first kappa shape index (κ1) is 12.4. The number of hydrogen-bond acceptors (Lipinski definition) is 5. The smallest absolute Gasteiger partial charge is 0.193 e. The van der Waals surface area contributed by atoms with Gasteiger partial charge >= 0.3 is 0 Å².